The number of non-ortho nitro benzene ring substituents is 1. The number of hydrogen-bond donors (Lipinski definition) is 3. The number of fused-ring (bicyclic) bond motifs is 9. The van der Waals surface area contributed by atoms with E-state index in [9.17, 15) is 37.7 Å². The molecule has 4 aliphatic rings. The topological polar surface area (TPSA) is 221 Å². The van der Waals surface area contributed by atoms with Crippen LogP contribution in [-0.4, -0.2) is 55.0 Å². The van der Waals surface area contributed by atoms with Gasteiger partial charge in [0.15, 0.2) is 18.1 Å². The Balaban J connectivity index is 1.05. The van der Waals surface area contributed by atoms with Gasteiger partial charge in [0, 0.05) is 33.9 Å². The predicted octanol–water partition coefficient (Wildman–Crippen LogP) is 3.70. The van der Waals surface area contributed by atoms with Crippen LogP contribution in [0.15, 0.2) is 81.4 Å². The van der Waals surface area contributed by atoms with Crippen LogP contribution >= 0.6 is 23.1 Å². The molecule has 1 aromatic heterocycles. The molecular formula is C34H29N5O10S3. The molecule has 2 aliphatic heterocycles. The molecule has 4 aromatic rings. The number of sulfonamides is 1. The lowest BCUT2D eigenvalue weighted by Gasteiger charge is -2.43. The Bertz CT molecular complexity index is 2330. The highest BCUT2D eigenvalue weighted by atomic mass is 32.2. The number of ether oxygens (including phenoxy) is 2. The summed E-state index contributed by atoms with van der Waals surface area (Å²) < 4.78 is 34.5. The first kappa shape index (κ1) is 34.1. The summed E-state index contributed by atoms with van der Waals surface area (Å²) in [5.41, 5.74) is 1.34. The van der Waals surface area contributed by atoms with E-state index >= 15 is 0 Å². The van der Waals surface area contributed by atoms with E-state index in [1.165, 1.54) is 60.5 Å². The number of H-pyrrole nitrogens is 1. The van der Waals surface area contributed by atoms with E-state index in [1.807, 2.05) is 6.07 Å². The summed E-state index contributed by atoms with van der Waals surface area (Å²) in [6.45, 7) is -0.380. The number of thioether (sulfide) groups is 1. The minimum atomic E-state index is -3.88. The zero-order valence-electron chi connectivity index (χ0n) is 27.1. The molecule has 7 atom stereocenters. The highest BCUT2D eigenvalue weighted by molar-refractivity contribution is 8.00. The van der Waals surface area contributed by atoms with E-state index < -0.39 is 32.7 Å². The van der Waals surface area contributed by atoms with Crippen LogP contribution in [0, 0.1) is 39.7 Å². The molecule has 8 rings (SSSR count). The molecule has 2 aliphatic carbocycles. The van der Waals surface area contributed by atoms with Crippen molar-refractivity contribution in [3.8, 4) is 11.5 Å². The van der Waals surface area contributed by atoms with E-state index in [0.29, 0.717) is 29.3 Å². The molecule has 2 bridgehead atoms. The van der Waals surface area contributed by atoms with Gasteiger partial charge in [-0.15, -0.1) is 11.8 Å². The molecule has 52 heavy (non-hydrogen) atoms. The second kappa shape index (κ2) is 12.6. The third-order valence-electron chi connectivity index (χ3n) is 10.4. The SMILES string of the molecule is COc1cc([C@H]2c3sc(=O)[nH]c3SC3C4CC(C5C(=O)N(c6ccc([N+](=O)[O-])cc6)C(=O)C45)C32)ccc1OCC(=O)Nc1ccc(S(N)(=O)=O)cc1. The fourth-order valence-corrected chi connectivity index (χ4v) is 11.8. The van der Waals surface area contributed by atoms with E-state index in [2.05, 4.69) is 10.3 Å². The fourth-order valence-electron chi connectivity index (χ4n) is 8.43. The molecule has 0 spiro atoms. The molecule has 3 fully saturated rings. The second-order valence-corrected chi connectivity index (χ2v) is 16.8. The largest absolute Gasteiger partial charge is 0.493 e. The maximum Gasteiger partial charge on any atom is 0.305 e. The zero-order valence-corrected chi connectivity index (χ0v) is 29.5. The maximum atomic E-state index is 14.0. The first-order chi connectivity index (χ1) is 24.8. The van der Waals surface area contributed by atoms with Crippen LogP contribution in [0.4, 0.5) is 17.1 Å². The molecule has 3 amide bonds. The number of nitro benzene ring substituents is 1. The number of carbonyl (C=O) groups excluding carboxylic acids is 3. The van der Waals surface area contributed by atoms with Crippen LogP contribution in [0.2, 0.25) is 0 Å². The van der Waals surface area contributed by atoms with Crippen LogP contribution in [0.25, 0.3) is 0 Å². The van der Waals surface area contributed by atoms with Gasteiger partial charge in [-0.1, -0.05) is 17.4 Å². The van der Waals surface area contributed by atoms with Crippen molar-refractivity contribution < 1.29 is 37.2 Å². The second-order valence-electron chi connectivity index (χ2n) is 13.1. The summed E-state index contributed by atoms with van der Waals surface area (Å²) in [6, 6.07) is 16.1. The van der Waals surface area contributed by atoms with Crippen molar-refractivity contribution in [3.05, 3.63) is 97.0 Å². The summed E-state index contributed by atoms with van der Waals surface area (Å²) in [4.78, 5) is 68.6. The summed E-state index contributed by atoms with van der Waals surface area (Å²) in [5.74, 6) is -2.25. The average Bonchev–Trinajstić information content (AvgIpc) is 3.85. The van der Waals surface area contributed by atoms with Gasteiger partial charge in [0.1, 0.15) is 0 Å². The quantitative estimate of drug-likeness (QED) is 0.127. The lowest BCUT2D eigenvalue weighted by atomic mass is 9.68. The van der Waals surface area contributed by atoms with E-state index in [0.717, 1.165) is 26.8 Å². The van der Waals surface area contributed by atoms with Crippen molar-refractivity contribution in [2.75, 3.05) is 23.9 Å². The van der Waals surface area contributed by atoms with E-state index in [-0.39, 0.29) is 62.8 Å². The summed E-state index contributed by atoms with van der Waals surface area (Å²) in [6.07, 6.45) is 0.678. The van der Waals surface area contributed by atoms with Crippen LogP contribution < -0.4 is 29.7 Å². The molecule has 3 aromatic carbocycles. The van der Waals surface area contributed by atoms with Gasteiger partial charge in [-0.05, 0) is 78.3 Å². The molecular weight excluding hydrogens is 735 g/mol. The highest BCUT2D eigenvalue weighted by Crippen LogP contribution is 2.68. The number of nitrogens with two attached hydrogens (primary N) is 1. The molecule has 15 nitrogen and oxygen atoms in total. The Kier molecular flexibility index (Phi) is 8.24. The number of methoxy groups -OCH3 is 1. The van der Waals surface area contributed by atoms with Gasteiger partial charge in [0.25, 0.3) is 11.6 Å². The summed E-state index contributed by atoms with van der Waals surface area (Å²) in [7, 11) is -2.41. The lowest BCUT2D eigenvalue weighted by Crippen LogP contribution is -2.42. The molecule has 268 valence electrons. The number of rotatable bonds is 9. The summed E-state index contributed by atoms with van der Waals surface area (Å²) in [5, 5.41) is 19.6. The van der Waals surface area contributed by atoms with Gasteiger partial charge in [-0.25, -0.2) is 13.6 Å². The number of primary sulfonamides is 1. The van der Waals surface area contributed by atoms with E-state index in [4.69, 9.17) is 14.6 Å². The van der Waals surface area contributed by atoms with Gasteiger partial charge < -0.3 is 19.8 Å². The Morgan fingerprint density at radius 2 is 1.71 bits per heavy atom. The average molecular weight is 764 g/mol. The zero-order chi connectivity index (χ0) is 36.6. The lowest BCUT2D eigenvalue weighted by molar-refractivity contribution is -0.384. The van der Waals surface area contributed by atoms with Crippen molar-refractivity contribution in [3.63, 3.8) is 0 Å². The number of anilines is 2. The van der Waals surface area contributed by atoms with Crippen molar-refractivity contribution in [1.82, 2.24) is 4.98 Å². The highest BCUT2D eigenvalue weighted by Gasteiger charge is 2.69. The standard InChI is InChI=1S/C34H29N5O10S3/c1-48-23-12-15(2-11-22(23)49-14-24(40)36-16-3-9-19(10-4-16)52(35,46)47)25-26-20-13-21(29(26)50-31-30(25)51-34(43)37-31)28-27(20)32(41)38(33(28)42)17-5-7-18(8-6-17)39(44)45/h2-12,20-21,25-29H,13-14H2,1H3,(H,36,40)(H,37,43)(H2,35,46,47)/t20?,21?,25-,26?,27?,28?,29?/m1/s1. The molecule has 4 N–H and O–H groups in total. The van der Waals surface area contributed by atoms with Gasteiger partial charge in [0.05, 0.1) is 39.5 Å². The third kappa shape index (κ3) is 5.56. The number of imide groups is 1. The Morgan fingerprint density at radius 3 is 2.37 bits per heavy atom. The first-order valence-electron chi connectivity index (χ1n) is 16.1. The monoisotopic (exact) mass is 763 g/mol. The van der Waals surface area contributed by atoms with Crippen molar-refractivity contribution >= 4 is 67.9 Å². The van der Waals surface area contributed by atoms with Crippen molar-refractivity contribution in [2.45, 2.75) is 27.5 Å². The normalized spacial score (nSPS) is 25.7. The number of hydrogen-bond acceptors (Lipinski definition) is 12. The summed E-state index contributed by atoms with van der Waals surface area (Å²) >= 11 is 2.67. The Morgan fingerprint density at radius 1 is 1.02 bits per heavy atom. The Hall–Kier alpha value is -5.04. The molecule has 3 heterocycles. The predicted molar refractivity (Wildman–Crippen MR) is 189 cm³/mol. The van der Waals surface area contributed by atoms with Crippen LogP contribution in [0.5, 0.6) is 11.5 Å². The number of nitrogens with one attached hydrogen (secondary N) is 2. The molecule has 0 radical (unpaired) electrons. The van der Waals surface area contributed by atoms with Crippen LogP contribution in [0.3, 0.4) is 0 Å². The van der Waals surface area contributed by atoms with Gasteiger partial charge in [0.2, 0.25) is 21.8 Å². The number of aromatic amines is 1. The molecule has 18 heteroatoms. The van der Waals surface area contributed by atoms with E-state index in [1.54, 1.807) is 23.9 Å². The van der Waals surface area contributed by atoms with Crippen molar-refractivity contribution in [1.29, 1.82) is 0 Å². The minimum absolute atomic E-state index is 0.0628. The number of benzene rings is 3. The van der Waals surface area contributed by atoms with Gasteiger partial charge in [-0.3, -0.25) is 34.2 Å². The van der Waals surface area contributed by atoms with Crippen LogP contribution in [0.1, 0.15) is 22.8 Å². The van der Waals surface area contributed by atoms with Crippen molar-refractivity contribution in [2.24, 2.45) is 34.7 Å². The number of nitro groups is 1. The minimum Gasteiger partial charge on any atom is -0.493 e. The third-order valence-corrected chi connectivity index (χ3v) is 13.9. The number of amides is 3. The van der Waals surface area contributed by atoms with Gasteiger partial charge >= 0.3 is 4.87 Å². The van der Waals surface area contributed by atoms with Crippen LogP contribution in [-0.2, 0) is 24.4 Å². The molecule has 2 saturated carbocycles. The number of thiazole rings is 1. The number of carbonyl (C=O) groups is 3. The fraction of sp³-hybridized carbons (Fsp3) is 0.294. The van der Waals surface area contributed by atoms with Gasteiger partial charge in [-0.2, -0.15) is 0 Å². The smallest absolute Gasteiger partial charge is 0.305 e. The number of nitrogens with zero attached hydrogens (tertiary/aromatic N) is 2. The molecule has 6 unspecified atom stereocenters. The maximum absolute atomic E-state index is 14.0. The number of aromatic nitrogens is 1. The Labute approximate surface area is 303 Å². The first-order valence-corrected chi connectivity index (χ1v) is 19.3. The molecule has 1 saturated heterocycles.